The first-order valence-electron chi connectivity index (χ1n) is 42.8. The van der Waals surface area contributed by atoms with E-state index in [1.54, 1.807) is 0 Å². The molecule has 0 amide bonds. The van der Waals surface area contributed by atoms with Crippen molar-refractivity contribution >= 4 is 55.1 Å². The molecule has 610 valence electrons. The van der Waals surface area contributed by atoms with Crippen molar-refractivity contribution < 1.29 is 0 Å². The Balaban J connectivity index is 0.000000242. The molecule has 4 nitrogen and oxygen atoms in total. The molecule has 0 aliphatic rings. The van der Waals surface area contributed by atoms with Crippen molar-refractivity contribution in [3.8, 4) is 0 Å². The van der Waals surface area contributed by atoms with Crippen LogP contribution in [0.3, 0.4) is 0 Å². The number of para-hydroxylation sites is 4. The number of rotatable bonds is 17. The van der Waals surface area contributed by atoms with Crippen molar-refractivity contribution in [1.82, 2.24) is 0 Å². The first kappa shape index (κ1) is 96.1. The van der Waals surface area contributed by atoms with Crippen molar-refractivity contribution in [2.24, 2.45) is 0 Å². The number of hydrogen-bond donors (Lipinski definition) is 4. The van der Waals surface area contributed by atoms with E-state index >= 15 is 0 Å². The highest BCUT2D eigenvalue weighted by atomic mass is 14.9. The van der Waals surface area contributed by atoms with E-state index in [2.05, 4.69) is 410 Å². The Kier molecular flexibility index (Phi) is 46.8. The molecule has 0 aliphatic heterocycles. The maximum atomic E-state index is 3.36. The van der Waals surface area contributed by atoms with Crippen molar-refractivity contribution in [2.75, 3.05) is 21.3 Å². The second-order valence-corrected chi connectivity index (χ2v) is 28.3. The third-order valence-corrected chi connectivity index (χ3v) is 18.8. The minimum Gasteiger partial charge on any atom is -0.381 e. The number of nitrogens with one attached hydrogen (secondary N) is 4. The maximum absolute atomic E-state index is 3.36. The number of anilines is 4. The van der Waals surface area contributed by atoms with Gasteiger partial charge in [-0.05, 0) is 137 Å². The lowest BCUT2D eigenvalue weighted by Crippen LogP contribution is -2.19. The molecule has 16 aromatic carbocycles. The van der Waals surface area contributed by atoms with E-state index < -0.39 is 0 Å². The van der Waals surface area contributed by atoms with E-state index in [-0.39, 0.29) is 10.8 Å². The van der Waals surface area contributed by atoms with Crippen LogP contribution in [0.1, 0.15) is 173 Å². The second-order valence-electron chi connectivity index (χ2n) is 28.3. The fourth-order valence-corrected chi connectivity index (χ4v) is 12.7. The predicted molar refractivity (Wildman–Crippen MR) is 525 cm³/mol. The van der Waals surface area contributed by atoms with Gasteiger partial charge in [-0.1, -0.05) is 499 Å². The van der Waals surface area contributed by atoms with E-state index in [0.717, 1.165) is 48.9 Å². The molecule has 0 saturated carbocycles. The van der Waals surface area contributed by atoms with Crippen molar-refractivity contribution in [2.45, 2.75) is 160 Å². The molecule has 0 heterocycles. The zero-order valence-corrected chi connectivity index (χ0v) is 73.6. The number of benzene rings is 16. The normalized spacial score (nSPS) is 9.94. The summed E-state index contributed by atoms with van der Waals surface area (Å²) in [6.07, 6.45) is 1.25. The van der Waals surface area contributed by atoms with Gasteiger partial charge in [-0.25, -0.2) is 0 Å². The van der Waals surface area contributed by atoms with Gasteiger partial charge in [-0.2, -0.15) is 0 Å². The minimum atomic E-state index is -0.0538. The summed E-state index contributed by atoms with van der Waals surface area (Å²) in [5.74, 6) is 0.603. The molecular formula is C114H134N4. The van der Waals surface area contributed by atoms with Crippen LogP contribution in [0.15, 0.2) is 431 Å². The fourth-order valence-electron chi connectivity index (χ4n) is 12.7. The first-order valence-corrected chi connectivity index (χ1v) is 42.8. The molecule has 4 N–H and O–H groups in total. The third kappa shape index (κ3) is 34.1. The van der Waals surface area contributed by atoms with Crippen LogP contribution < -0.4 is 21.3 Å². The lowest BCUT2D eigenvalue weighted by atomic mass is 9.74. The van der Waals surface area contributed by atoms with Gasteiger partial charge in [0, 0.05) is 59.8 Å². The molecule has 4 heteroatoms. The molecule has 16 aromatic rings. The zero-order valence-electron chi connectivity index (χ0n) is 73.6. The summed E-state index contributed by atoms with van der Waals surface area (Å²) in [5.41, 5.74) is 16.8. The van der Waals surface area contributed by atoms with Crippen LogP contribution in [-0.4, -0.2) is 0 Å². The summed E-state index contributed by atoms with van der Waals surface area (Å²) in [6, 6.07) is 149. The van der Waals surface area contributed by atoms with E-state index in [0.29, 0.717) is 5.92 Å². The number of hydrogen-bond acceptors (Lipinski definition) is 4. The van der Waals surface area contributed by atoms with Gasteiger partial charge in [0.1, 0.15) is 0 Å². The van der Waals surface area contributed by atoms with Crippen LogP contribution >= 0.6 is 0 Å². The molecule has 118 heavy (non-hydrogen) atoms. The van der Waals surface area contributed by atoms with Gasteiger partial charge >= 0.3 is 0 Å². The van der Waals surface area contributed by atoms with E-state index in [1.165, 1.54) is 88.8 Å². The molecular weight excluding hydrogens is 1430 g/mol. The van der Waals surface area contributed by atoms with Crippen LogP contribution in [0.4, 0.5) is 22.7 Å². The second kappa shape index (κ2) is 57.5. The van der Waals surface area contributed by atoms with E-state index in [9.17, 15) is 0 Å². The van der Waals surface area contributed by atoms with Gasteiger partial charge in [0.25, 0.3) is 0 Å². The van der Waals surface area contributed by atoms with Crippen molar-refractivity contribution in [3.63, 3.8) is 0 Å². The fraction of sp³-hybridized carbons (Fsp3) is 0.211. The van der Waals surface area contributed by atoms with Crippen LogP contribution in [-0.2, 0) is 37.0 Å². The molecule has 0 unspecified atom stereocenters. The van der Waals surface area contributed by atoms with Crippen LogP contribution in [0, 0.1) is 0 Å². The Labute approximate surface area is 712 Å². The molecule has 0 spiro atoms. The summed E-state index contributed by atoms with van der Waals surface area (Å²) < 4.78 is 0. The predicted octanol–water partition coefficient (Wildman–Crippen LogP) is 33.0. The van der Waals surface area contributed by atoms with Crippen molar-refractivity contribution in [1.29, 1.82) is 0 Å². The summed E-state index contributed by atoms with van der Waals surface area (Å²) in [7, 11) is 0. The molecule has 0 radical (unpaired) electrons. The highest BCUT2D eigenvalue weighted by molar-refractivity contribution is 5.91. The highest BCUT2D eigenvalue weighted by Crippen LogP contribution is 2.39. The molecule has 0 bridgehead atoms. The van der Waals surface area contributed by atoms with Gasteiger partial charge in [-0.3, -0.25) is 0 Å². The lowest BCUT2D eigenvalue weighted by molar-refractivity contribution is 0.641. The first-order chi connectivity index (χ1) is 57.9. The molecule has 0 saturated heterocycles. The van der Waals surface area contributed by atoms with Gasteiger partial charge in [0.05, 0.1) is 0 Å². The average molecular weight is 1560 g/mol. The molecule has 0 aromatic heterocycles. The summed E-state index contributed by atoms with van der Waals surface area (Å²) in [5, 5.41) is 21.5. The molecule has 0 fully saturated rings. The Morgan fingerprint density at radius 2 is 0.407 bits per heavy atom. The average Bonchev–Trinajstić information content (AvgIpc) is 0.756. The monoisotopic (exact) mass is 1560 g/mol. The Hall–Kier alpha value is -12.5. The van der Waals surface area contributed by atoms with E-state index in [4.69, 9.17) is 0 Å². The Morgan fingerprint density at radius 3 is 0.661 bits per heavy atom. The molecule has 0 atom stereocenters. The Morgan fingerprint density at radius 1 is 0.212 bits per heavy atom. The standard InChI is InChI=1S/C23H20.C15H16.4C13H13N.C13H14.C3H8.4C2H6/c1-23(2,21-15-7-11-17-9-3-5-13-19(17)21)22-16-8-12-18-10-4-6-14-20(18)22;1-15(2,13-9-5-3-6-10-13)14-11-7-4-8-12-14;4*1-3-7-12(8-4-1)11-14-13-9-5-2-6-10-13;1-10(2)12-9-5-7-11-6-3-4-8-13(11)12;1-3-2;4*1-2/h3-16H,1-2H3;3-12H,1-2H3;4*1-10,14H,11H2;3-10H,1-2H3;3H2,1-2H3;4*1-2H3. The number of fused-ring (bicyclic) bond motifs is 3. The van der Waals surface area contributed by atoms with Gasteiger partial charge < -0.3 is 21.3 Å². The SMILES string of the molecule is CC.CC.CC.CC.CC(C)(c1cccc2ccccc12)c1cccc2ccccc12.CC(C)(c1ccccc1)c1ccccc1.CC(C)c1cccc2ccccc12.CCC.c1ccc(CNc2ccccc2)cc1.c1ccc(CNc2ccccc2)cc1.c1ccc(CNc2ccccc2)cc1.c1ccc(CNc2ccccc2)cc1. The maximum Gasteiger partial charge on any atom is 0.0400 e. The molecule has 0 aliphatic carbocycles. The third-order valence-electron chi connectivity index (χ3n) is 18.8. The van der Waals surface area contributed by atoms with Crippen LogP contribution in [0.5, 0.6) is 0 Å². The smallest absolute Gasteiger partial charge is 0.0400 e. The Bertz CT molecular complexity index is 4490. The summed E-state index contributed by atoms with van der Waals surface area (Å²) in [4.78, 5) is 0. The van der Waals surface area contributed by atoms with Crippen molar-refractivity contribution in [3.05, 3.63) is 481 Å². The topological polar surface area (TPSA) is 48.1 Å². The van der Waals surface area contributed by atoms with Gasteiger partial charge in [0.15, 0.2) is 0 Å². The quantitative estimate of drug-likeness (QED) is 0.0734. The van der Waals surface area contributed by atoms with E-state index in [1.807, 2.05) is 152 Å². The summed E-state index contributed by atoms with van der Waals surface area (Å²) in [6.45, 7) is 37.4. The van der Waals surface area contributed by atoms with Gasteiger partial charge in [-0.15, -0.1) is 0 Å². The summed E-state index contributed by atoms with van der Waals surface area (Å²) >= 11 is 0. The minimum absolute atomic E-state index is 0.0538. The zero-order chi connectivity index (χ0) is 85.1. The largest absolute Gasteiger partial charge is 0.381 e. The van der Waals surface area contributed by atoms with Crippen LogP contribution in [0.2, 0.25) is 0 Å². The van der Waals surface area contributed by atoms with Crippen LogP contribution in [0.25, 0.3) is 32.3 Å². The lowest BCUT2D eigenvalue weighted by Gasteiger charge is -2.29. The highest BCUT2D eigenvalue weighted by Gasteiger charge is 2.27. The van der Waals surface area contributed by atoms with Gasteiger partial charge in [0.2, 0.25) is 0 Å². The molecule has 16 rings (SSSR count).